The number of pyridine rings is 1. The van der Waals surface area contributed by atoms with E-state index in [0.717, 1.165) is 6.54 Å². The number of nitrogens with one attached hydrogen (secondary N) is 1. The average Bonchev–Trinajstić information content (AvgIpc) is 2.58. The summed E-state index contributed by atoms with van der Waals surface area (Å²) in [5, 5.41) is 3.87. The predicted molar refractivity (Wildman–Crippen MR) is 47.4 cm³/mol. The summed E-state index contributed by atoms with van der Waals surface area (Å²) < 4.78 is 0. The van der Waals surface area contributed by atoms with Crippen molar-refractivity contribution in [2.24, 2.45) is 0 Å². The minimum atomic E-state index is 0.476. The molecule has 58 valence electrons. The zero-order chi connectivity index (χ0) is 7.52. The fourth-order valence-electron chi connectivity index (χ4n) is 1.17. The van der Waals surface area contributed by atoms with E-state index >= 15 is 0 Å². The van der Waals surface area contributed by atoms with Gasteiger partial charge in [0, 0.05) is 24.7 Å². The van der Waals surface area contributed by atoms with Crippen molar-refractivity contribution in [1.82, 2.24) is 10.3 Å². The second kappa shape index (κ2) is 3.24. The van der Waals surface area contributed by atoms with Crippen LogP contribution in [0.5, 0.6) is 0 Å². The van der Waals surface area contributed by atoms with Crippen LogP contribution in [0.4, 0.5) is 0 Å². The maximum Gasteiger partial charge on any atom is 0.0805 e. The van der Waals surface area contributed by atoms with Crippen LogP contribution in [-0.2, 0) is 0 Å². The van der Waals surface area contributed by atoms with Gasteiger partial charge in [0.05, 0.1) is 5.37 Å². The Balaban J connectivity index is 2.16. The molecule has 11 heavy (non-hydrogen) atoms. The molecule has 2 nitrogen and oxygen atoms in total. The maximum absolute atomic E-state index is 4.08. The smallest absolute Gasteiger partial charge is 0.0805 e. The lowest BCUT2D eigenvalue weighted by atomic mass is 10.3. The first-order valence-electron chi connectivity index (χ1n) is 3.72. The van der Waals surface area contributed by atoms with Gasteiger partial charge in [0.2, 0.25) is 0 Å². The third kappa shape index (κ3) is 1.54. The van der Waals surface area contributed by atoms with Crippen LogP contribution in [0.3, 0.4) is 0 Å². The van der Waals surface area contributed by atoms with Crippen molar-refractivity contribution in [3.05, 3.63) is 30.1 Å². The number of aromatic nitrogens is 1. The van der Waals surface area contributed by atoms with Crippen molar-refractivity contribution in [2.75, 3.05) is 12.3 Å². The standard InChI is InChI=1S/C8H10N2S/c1-2-7(6-9-3-1)8-10-4-5-11-8/h1-3,6,8,10H,4-5H2. The zero-order valence-electron chi connectivity index (χ0n) is 6.16. The Bertz CT molecular complexity index is 219. The maximum atomic E-state index is 4.08. The predicted octanol–water partition coefficient (Wildman–Crippen LogP) is 1.42. The van der Waals surface area contributed by atoms with Crippen LogP contribution < -0.4 is 5.32 Å². The average molecular weight is 166 g/mol. The topological polar surface area (TPSA) is 24.9 Å². The Hall–Kier alpha value is -0.540. The van der Waals surface area contributed by atoms with Crippen LogP contribution in [0.25, 0.3) is 0 Å². The van der Waals surface area contributed by atoms with Crippen molar-refractivity contribution >= 4 is 11.8 Å². The lowest BCUT2D eigenvalue weighted by Crippen LogP contribution is -2.11. The van der Waals surface area contributed by atoms with Crippen LogP contribution >= 0.6 is 11.8 Å². The van der Waals surface area contributed by atoms with Gasteiger partial charge in [-0.25, -0.2) is 0 Å². The summed E-state index contributed by atoms with van der Waals surface area (Å²) in [4.78, 5) is 4.08. The molecule has 0 amide bonds. The third-order valence-corrected chi connectivity index (χ3v) is 2.92. The lowest BCUT2D eigenvalue weighted by molar-refractivity contribution is 0.748. The van der Waals surface area contributed by atoms with Gasteiger partial charge >= 0.3 is 0 Å². The Morgan fingerprint density at radius 3 is 3.27 bits per heavy atom. The van der Waals surface area contributed by atoms with Crippen LogP contribution in [-0.4, -0.2) is 17.3 Å². The highest BCUT2D eigenvalue weighted by atomic mass is 32.2. The van der Waals surface area contributed by atoms with Crippen molar-refractivity contribution in [1.29, 1.82) is 0 Å². The van der Waals surface area contributed by atoms with E-state index in [0.29, 0.717) is 5.37 Å². The first-order valence-corrected chi connectivity index (χ1v) is 4.76. The molecule has 1 aromatic rings. The highest BCUT2D eigenvalue weighted by Crippen LogP contribution is 2.28. The summed E-state index contributed by atoms with van der Waals surface area (Å²) in [6.07, 6.45) is 3.74. The van der Waals surface area contributed by atoms with Crippen molar-refractivity contribution < 1.29 is 0 Å². The van der Waals surface area contributed by atoms with E-state index in [1.165, 1.54) is 11.3 Å². The van der Waals surface area contributed by atoms with E-state index in [4.69, 9.17) is 0 Å². The second-order valence-electron chi connectivity index (χ2n) is 2.49. The van der Waals surface area contributed by atoms with E-state index < -0.39 is 0 Å². The molecule has 1 atom stereocenters. The molecule has 0 radical (unpaired) electrons. The van der Waals surface area contributed by atoms with Crippen LogP contribution in [0.15, 0.2) is 24.5 Å². The van der Waals surface area contributed by atoms with Gasteiger partial charge in [-0.15, -0.1) is 11.8 Å². The zero-order valence-corrected chi connectivity index (χ0v) is 6.97. The highest BCUT2D eigenvalue weighted by molar-refractivity contribution is 7.99. The van der Waals surface area contributed by atoms with Crippen LogP contribution in [0.2, 0.25) is 0 Å². The number of rotatable bonds is 1. The van der Waals surface area contributed by atoms with E-state index in [2.05, 4.69) is 16.4 Å². The molecule has 2 heterocycles. The van der Waals surface area contributed by atoms with Crippen molar-refractivity contribution in [3.8, 4) is 0 Å². The molecule has 0 saturated carbocycles. The quantitative estimate of drug-likeness (QED) is 0.683. The van der Waals surface area contributed by atoms with E-state index in [1.807, 2.05) is 30.2 Å². The molecule has 1 aromatic heterocycles. The largest absolute Gasteiger partial charge is 0.301 e. The van der Waals surface area contributed by atoms with E-state index in [1.54, 1.807) is 0 Å². The second-order valence-corrected chi connectivity index (χ2v) is 3.70. The normalized spacial score (nSPS) is 23.8. The molecular weight excluding hydrogens is 156 g/mol. The number of thioether (sulfide) groups is 1. The lowest BCUT2D eigenvalue weighted by Gasteiger charge is -2.07. The molecule has 1 fully saturated rings. The first kappa shape index (κ1) is 7.13. The Kier molecular flexibility index (Phi) is 2.10. The molecular formula is C8H10N2S. The summed E-state index contributed by atoms with van der Waals surface area (Å²) in [6.45, 7) is 1.12. The highest BCUT2D eigenvalue weighted by Gasteiger charge is 2.15. The van der Waals surface area contributed by atoms with Gasteiger partial charge in [-0.05, 0) is 11.6 Å². The first-order chi connectivity index (χ1) is 5.47. The summed E-state index contributed by atoms with van der Waals surface area (Å²) >= 11 is 1.94. The summed E-state index contributed by atoms with van der Waals surface area (Å²) in [7, 11) is 0. The number of nitrogens with zero attached hydrogens (tertiary/aromatic N) is 1. The summed E-state index contributed by atoms with van der Waals surface area (Å²) in [6, 6.07) is 4.10. The molecule has 1 N–H and O–H groups in total. The third-order valence-electron chi connectivity index (χ3n) is 1.70. The fourth-order valence-corrected chi connectivity index (χ4v) is 2.21. The molecule has 1 unspecified atom stereocenters. The van der Waals surface area contributed by atoms with Gasteiger partial charge in [-0.1, -0.05) is 6.07 Å². The molecule has 1 aliphatic heterocycles. The van der Waals surface area contributed by atoms with Gasteiger partial charge in [0.15, 0.2) is 0 Å². The summed E-state index contributed by atoms with van der Waals surface area (Å²) in [5.41, 5.74) is 1.29. The van der Waals surface area contributed by atoms with Crippen molar-refractivity contribution in [3.63, 3.8) is 0 Å². The monoisotopic (exact) mass is 166 g/mol. The number of hydrogen-bond donors (Lipinski definition) is 1. The molecule has 1 saturated heterocycles. The molecule has 0 bridgehead atoms. The molecule has 0 aliphatic carbocycles. The Morgan fingerprint density at radius 2 is 2.64 bits per heavy atom. The Labute approximate surface area is 70.4 Å². The molecule has 0 aromatic carbocycles. The van der Waals surface area contributed by atoms with Gasteiger partial charge in [0.1, 0.15) is 0 Å². The van der Waals surface area contributed by atoms with Crippen LogP contribution in [0.1, 0.15) is 10.9 Å². The van der Waals surface area contributed by atoms with E-state index in [9.17, 15) is 0 Å². The minimum absolute atomic E-state index is 0.476. The van der Waals surface area contributed by atoms with Gasteiger partial charge < -0.3 is 5.32 Å². The molecule has 0 spiro atoms. The SMILES string of the molecule is c1cncc(C2NCCS2)c1. The van der Waals surface area contributed by atoms with Gasteiger partial charge in [-0.3, -0.25) is 4.98 Å². The van der Waals surface area contributed by atoms with Gasteiger partial charge in [-0.2, -0.15) is 0 Å². The van der Waals surface area contributed by atoms with Gasteiger partial charge in [0.25, 0.3) is 0 Å². The van der Waals surface area contributed by atoms with Crippen LogP contribution in [0, 0.1) is 0 Å². The Morgan fingerprint density at radius 1 is 1.64 bits per heavy atom. The molecule has 3 heteroatoms. The van der Waals surface area contributed by atoms with E-state index in [-0.39, 0.29) is 0 Å². The fraction of sp³-hybridized carbons (Fsp3) is 0.375. The number of hydrogen-bond acceptors (Lipinski definition) is 3. The van der Waals surface area contributed by atoms with Crippen molar-refractivity contribution in [2.45, 2.75) is 5.37 Å². The molecule has 1 aliphatic rings. The summed E-state index contributed by atoms with van der Waals surface area (Å²) in [5.74, 6) is 1.21. The minimum Gasteiger partial charge on any atom is -0.301 e. The molecule has 2 rings (SSSR count).